The summed E-state index contributed by atoms with van der Waals surface area (Å²) < 4.78 is 32.5. The summed E-state index contributed by atoms with van der Waals surface area (Å²) in [6.45, 7) is 1.13. The van der Waals surface area contributed by atoms with Gasteiger partial charge in [-0.05, 0) is 73.6 Å². The highest BCUT2D eigenvalue weighted by Gasteiger charge is 2.45. The molecular formula is C27H33ClN4O5S. The van der Waals surface area contributed by atoms with Crippen molar-refractivity contribution in [3.05, 3.63) is 58.7 Å². The van der Waals surface area contributed by atoms with Crippen LogP contribution in [0.3, 0.4) is 0 Å². The third kappa shape index (κ3) is 6.07. The van der Waals surface area contributed by atoms with Crippen molar-refractivity contribution in [1.82, 2.24) is 10.2 Å². The molecule has 1 saturated heterocycles. The number of fused-ring (bicyclic) bond motifs is 2. The quantitative estimate of drug-likeness (QED) is 0.512. The van der Waals surface area contributed by atoms with E-state index in [9.17, 15) is 23.6 Å². The van der Waals surface area contributed by atoms with Gasteiger partial charge in [0.25, 0.3) is 0 Å². The van der Waals surface area contributed by atoms with Gasteiger partial charge in [-0.2, -0.15) is 5.26 Å². The molecule has 2 aromatic carbocycles. The normalized spacial score (nSPS) is 22.1. The Hall–Kier alpha value is -2.84. The molecular weight excluding hydrogens is 528 g/mol. The number of carbonyl (C=O) groups is 1. The van der Waals surface area contributed by atoms with Gasteiger partial charge in [0, 0.05) is 36.8 Å². The lowest BCUT2D eigenvalue weighted by Gasteiger charge is -2.49. The molecule has 9 nitrogen and oxygen atoms in total. The fourth-order valence-electron chi connectivity index (χ4n) is 6.04. The molecule has 2 atom stereocenters. The Bertz CT molecular complexity index is 1350. The minimum Gasteiger partial charge on any atom is -0.487 e. The molecule has 5 rings (SSSR count). The van der Waals surface area contributed by atoms with Gasteiger partial charge in [0.15, 0.2) is 0 Å². The summed E-state index contributed by atoms with van der Waals surface area (Å²) >= 11 is 0. The fraction of sp³-hybridized carbons (Fsp3) is 0.481. The largest absolute Gasteiger partial charge is 0.487 e. The number of hydrogen-bond donors (Lipinski definition) is 3. The van der Waals surface area contributed by atoms with Gasteiger partial charge in [-0.3, -0.25) is 14.4 Å². The number of halogens is 1. The van der Waals surface area contributed by atoms with Gasteiger partial charge in [0.2, 0.25) is 15.9 Å². The maximum Gasteiger partial charge on any atom is 0.246 e. The molecule has 2 heterocycles. The van der Waals surface area contributed by atoms with Crippen LogP contribution in [0.15, 0.2) is 36.4 Å². The second kappa shape index (κ2) is 11.1. The summed E-state index contributed by atoms with van der Waals surface area (Å²) in [6.07, 6.45) is 6.25. The van der Waals surface area contributed by atoms with Gasteiger partial charge in [-0.15, -0.1) is 12.4 Å². The van der Waals surface area contributed by atoms with Gasteiger partial charge in [-0.25, -0.2) is 8.42 Å². The molecule has 3 N–H and O–H groups in total. The zero-order valence-electron chi connectivity index (χ0n) is 21.3. The molecule has 1 aliphatic carbocycles. The van der Waals surface area contributed by atoms with E-state index in [0.29, 0.717) is 35.0 Å². The molecule has 11 heteroatoms. The third-order valence-corrected chi connectivity index (χ3v) is 8.44. The van der Waals surface area contributed by atoms with Crippen molar-refractivity contribution >= 4 is 34.0 Å². The number of amides is 1. The molecule has 0 bridgehead atoms. The summed E-state index contributed by atoms with van der Waals surface area (Å²) in [6, 6.07) is 13.4. The van der Waals surface area contributed by atoms with E-state index >= 15 is 0 Å². The highest BCUT2D eigenvalue weighted by Crippen LogP contribution is 2.45. The van der Waals surface area contributed by atoms with Crippen LogP contribution in [0.25, 0.3) is 0 Å². The van der Waals surface area contributed by atoms with Gasteiger partial charge < -0.3 is 15.2 Å². The van der Waals surface area contributed by atoms with Crippen LogP contribution in [0.2, 0.25) is 0 Å². The second-order valence-corrected chi connectivity index (χ2v) is 12.2. The number of ether oxygens (including phenoxy) is 1. The van der Waals surface area contributed by atoms with E-state index in [1.807, 2.05) is 12.1 Å². The van der Waals surface area contributed by atoms with E-state index in [1.165, 1.54) is 11.1 Å². The summed E-state index contributed by atoms with van der Waals surface area (Å²) in [5, 5.41) is 21.4. The average Bonchev–Trinajstić information content (AvgIpc) is 2.88. The fourth-order valence-corrected chi connectivity index (χ4v) is 6.59. The predicted octanol–water partition coefficient (Wildman–Crippen LogP) is 2.68. The molecule has 204 valence electrons. The number of aliphatic hydroxyl groups excluding tert-OH is 1. The van der Waals surface area contributed by atoms with Crippen molar-refractivity contribution in [2.24, 2.45) is 0 Å². The topological polar surface area (TPSA) is 132 Å². The molecule has 0 aromatic heterocycles. The van der Waals surface area contributed by atoms with Crippen LogP contribution in [0.5, 0.6) is 5.75 Å². The number of anilines is 1. The van der Waals surface area contributed by atoms with Gasteiger partial charge in [0.1, 0.15) is 18.0 Å². The van der Waals surface area contributed by atoms with E-state index in [4.69, 9.17) is 4.74 Å². The molecule has 1 fully saturated rings. The first-order valence-electron chi connectivity index (χ1n) is 12.6. The van der Waals surface area contributed by atoms with Crippen LogP contribution in [-0.4, -0.2) is 61.9 Å². The number of aliphatic hydroxyl groups is 1. The number of aryl methyl sites for hydroxylation is 1. The first-order valence-corrected chi connectivity index (χ1v) is 14.5. The molecule has 0 radical (unpaired) electrons. The number of hydrogen-bond acceptors (Lipinski definition) is 7. The summed E-state index contributed by atoms with van der Waals surface area (Å²) in [4.78, 5) is 14.7. The Kier molecular flexibility index (Phi) is 8.23. The molecule has 38 heavy (non-hydrogen) atoms. The second-order valence-electron chi connectivity index (χ2n) is 10.4. The number of piperidine rings is 1. The SMILES string of the molecule is CS(=O)(=O)Nc1ccc2c(c1)[C@@H](NC(=O)CO)CC1(CCN([C@@H]3CCc4cc(C#N)ccc4C3)CC1)O2.Cl. The molecule has 1 spiro atoms. The minimum absolute atomic E-state index is 0. The van der Waals surface area contributed by atoms with Crippen molar-refractivity contribution in [2.75, 3.05) is 30.7 Å². The van der Waals surface area contributed by atoms with Crippen LogP contribution < -0.4 is 14.8 Å². The number of likely N-dealkylation sites (tertiary alicyclic amines) is 1. The molecule has 0 unspecified atom stereocenters. The summed E-state index contributed by atoms with van der Waals surface area (Å²) in [7, 11) is -3.45. The number of rotatable bonds is 5. The smallest absolute Gasteiger partial charge is 0.246 e. The maximum atomic E-state index is 12.1. The Labute approximate surface area is 229 Å². The summed E-state index contributed by atoms with van der Waals surface area (Å²) in [5.74, 6) is 0.147. The van der Waals surface area contributed by atoms with Crippen LogP contribution in [0.1, 0.15) is 54.0 Å². The van der Waals surface area contributed by atoms with Crippen LogP contribution in [-0.2, 0) is 27.7 Å². The molecule has 0 saturated carbocycles. The van der Waals surface area contributed by atoms with Crippen LogP contribution in [0, 0.1) is 11.3 Å². The van der Waals surface area contributed by atoms with Gasteiger partial charge >= 0.3 is 0 Å². The zero-order valence-corrected chi connectivity index (χ0v) is 22.9. The monoisotopic (exact) mass is 560 g/mol. The number of nitriles is 1. The van der Waals surface area contributed by atoms with Crippen molar-refractivity contribution in [3.8, 4) is 11.8 Å². The van der Waals surface area contributed by atoms with E-state index < -0.39 is 34.2 Å². The Morgan fingerprint density at radius 1 is 1.21 bits per heavy atom. The minimum atomic E-state index is -3.45. The van der Waals surface area contributed by atoms with E-state index in [1.54, 1.807) is 18.2 Å². The number of benzene rings is 2. The van der Waals surface area contributed by atoms with Crippen LogP contribution >= 0.6 is 12.4 Å². The maximum absolute atomic E-state index is 12.1. The Morgan fingerprint density at radius 2 is 1.97 bits per heavy atom. The standard InChI is InChI=1S/C27H32N4O5S.ClH/c1-37(34,35)30-21-5-7-25-23(14-21)24(29-26(33)17-32)15-27(36-25)8-10-31(11-9-27)22-6-4-19-12-18(16-28)2-3-20(19)13-22;/h2-3,5,7,12,14,22,24,30,32H,4,6,8-11,13,15,17H2,1H3,(H,29,33);1H/t22-,24+;/m1./s1. The first kappa shape index (κ1) is 28.2. The van der Waals surface area contributed by atoms with Crippen molar-refractivity contribution in [1.29, 1.82) is 5.26 Å². The first-order chi connectivity index (χ1) is 17.7. The van der Waals surface area contributed by atoms with Gasteiger partial charge in [-0.1, -0.05) is 6.07 Å². The number of carbonyl (C=O) groups excluding carboxylic acids is 1. The lowest BCUT2D eigenvalue weighted by Crippen LogP contribution is -2.54. The lowest BCUT2D eigenvalue weighted by molar-refractivity contribution is -0.125. The third-order valence-electron chi connectivity index (χ3n) is 7.83. The molecule has 2 aromatic rings. The summed E-state index contributed by atoms with van der Waals surface area (Å²) in [5.41, 5.74) is 3.97. The zero-order chi connectivity index (χ0) is 26.2. The van der Waals surface area contributed by atoms with E-state index in [0.717, 1.165) is 51.4 Å². The van der Waals surface area contributed by atoms with E-state index in [-0.39, 0.29) is 12.4 Å². The molecule has 3 aliphatic rings. The predicted molar refractivity (Wildman–Crippen MR) is 146 cm³/mol. The van der Waals surface area contributed by atoms with Crippen LogP contribution in [0.4, 0.5) is 5.69 Å². The molecule has 2 aliphatic heterocycles. The highest BCUT2D eigenvalue weighted by atomic mass is 35.5. The Balaban J connectivity index is 0.00000336. The van der Waals surface area contributed by atoms with Crippen molar-refractivity contribution in [3.63, 3.8) is 0 Å². The molecule has 1 amide bonds. The van der Waals surface area contributed by atoms with Crippen molar-refractivity contribution < 1.29 is 23.1 Å². The van der Waals surface area contributed by atoms with Crippen molar-refractivity contribution in [2.45, 2.75) is 56.2 Å². The number of nitrogens with one attached hydrogen (secondary N) is 2. The number of sulfonamides is 1. The highest BCUT2D eigenvalue weighted by molar-refractivity contribution is 7.92. The average molecular weight is 561 g/mol. The van der Waals surface area contributed by atoms with Gasteiger partial charge in [0.05, 0.1) is 23.9 Å². The Morgan fingerprint density at radius 3 is 2.66 bits per heavy atom. The number of nitrogens with zero attached hydrogens (tertiary/aromatic N) is 2. The van der Waals surface area contributed by atoms with E-state index in [2.05, 4.69) is 27.1 Å². The lowest BCUT2D eigenvalue weighted by atomic mass is 9.79.